The minimum atomic E-state index is -0.602. The lowest BCUT2D eigenvalue weighted by Gasteiger charge is -2.05. The van der Waals surface area contributed by atoms with E-state index in [0.29, 0.717) is 5.76 Å². The first-order valence-corrected chi connectivity index (χ1v) is 6.03. The molecule has 0 radical (unpaired) electrons. The second-order valence-electron chi connectivity index (χ2n) is 3.55. The first kappa shape index (κ1) is 12.8. The number of nitro groups is 1. The van der Waals surface area contributed by atoms with Crippen LogP contribution in [0, 0.1) is 10.1 Å². The van der Waals surface area contributed by atoms with Gasteiger partial charge in [-0.1, -0.05) is 11.8 Å². The van der Waals surface area contributed by atoms with Crippen molar-refractivity contribution >= 4 is 30.0 Å². The average Bonchev–Trinajstić information content (AvgIpc) is 2.96. The highest BCUT2D eigenvalue weighted by Gasteiger charge is 2.28. The van der Waals surface area contributed by atoms with Crippen LogP contribution in [-0.2, 0) is 4.79 Å². The number of hydrogen-bond acceptors (Lipinski definition) is 7. The van der Waals surface area contributed by atoms with Gasteiger partial charge in [0.25, 0.3) is 0 Å². The van der Waals surface area contributed by atoms with Gasteiger partial charge in [0.15, 0.2) is 0 Å². The number of carbonyl (C=O) groups is 1. The number of nitrogens with zero attached hydrogens (tertiary/aromatic N) is 1. The van der Waals surface area contributed by atoms with Gasteiger partial charge < -0.3 is 9.21 Å². The van der Waals surface area contributed by atoms with Crippen molar-refractivity contribution in [1.29, 1.82) is 0 Å². The van der Waals surface area contributed by atoms with Gasteiger partial charge in [-0.25, -0.2) is 0 Å². The highest BCUT2D eigenvalue weighted by atomic mass is 32.2. The number of aldehydes is 1. The van der Waals surface area contributed by atoms with Gasteiger partial charge >= 0.3 is 5.88 Å². The smallest absolute Gasteiger partial charge is 0.401 e. The molecule has 0 amide bonds. The van der Waals surface area contributed by atoms with Gasteiger partial charge in [-0.05, 0) is 19.2 Å². The van der Waals surface area contributed by atoms with Gasteiger partial charge in [-0.3, -0.25) is 20.7 Å². The van der Waals surface area contributed by atoms with Crippen molar-refractivity contribution in [2.75, 3.05) is 7.05 Å². The van der Waals surface area contributed by atoms with E-state index in [4.69, 9.17) is 4.42 Å². The van der Waals surface area contributed by atoms with Crippen molar-refractivity contribution in [3.63, 3.8) is 0 Å². The topological polar surface area (TPSA) is 97.4 Å². The van der Waals surface area contributed by atoms with Crippen LogP contribution in [0.15, 0.2) is 21.5 Å². The maximum Gasteiger partial charge on any atom is 0.433 e. The third-order valence-electron chi connectivity index (χ3n) is 2.37. The average molecular weight is 269 g/mol. The van der Waals surface area contributed by atoms with Crippen LogP contribution in [0.25, 0.3) is 6.08 Å². The molecule has 2 heterocycles. The van der Waals surface area contributed by atoms with Crippen molar-refractivity contribution in [1.82, 2.24) is 10.6 Å². The highest BCUT2D eigenvalue weighted by Crippen LogP contribution is 2.31. The Balaban J connectivity index is 2.20. The number of rotatable bonds is 4. The Morgan fingerprint density at radius 3 is 2.94 bits per heavy atom. The summed E-state index contributed by atoms with van der Waals surface area (Å²) in [5.74, 6) is 0.0419. The predicted octanol–water partition coefficient (Wildman–Crippen LogP) is 0.936. The van der Waals surface area contributed by atoms with E-state index in [0.717, 1.165) is 11.2 Å². The zero-order valence-electron chi connectivity index (χ0n) is 9.45. The Labute approximate surface area is 107 Å². The van der Waals surface area contributed by atoms with Crippen molar-refractivity contribution < 1.29 is 14.1 Å². The molecular formula is C10H11N3O4S. The van der Waals surface area contributed by atoms with E-state index in [1.807, 2.05) is 0 Å². The number of furan rings is 1. The molecule has 0 bridgehead atoms. The third-order valence-corrected chi connectivity index (χ3v) is 3.62. The normalized spacial score (nSPS) is 25.5. The lowest BCUT2D eigenvalue weighted by molar-refractivity contribution is -0.402. The maximum atomic E-state index is 10.9. The van der Waals surface area contributed by atoms with Crippen molar-refractivity contribution in [2.45, 2.75) is 11.5 Å². The van der Waals surface area contributed by atoms with Gasteiger partial charge in [-0.2, -0.15) is 0 Å². The molecule has 1 aliphatic rings. The predicted molar refractivity (Wildman–Crippen MR) is 66.8 cm³/mol. The quantitative estimate of drug-likeness (QED) is 0.477. The zero-order valence-corrected chi connectivity index (χ0v) is 10.3. The first-order chi connectivity index (χ1) is 8.63. The number of carbonyl (C=O) groups excluding carboxylic acids is 1. The van der Waals surface area contributed by atoms with Crippen LogP contribution in [0.1, 0.15) is 5.76 Å². The minimum absolute atomic E-state index is 0.0589. The summed E-state index contributed by atoms with van der Waals surface area (Å²) >= 11 is 1.43. The van der Waals surface area contributed by atoms with E-state index in [2.05, 4.69) is 10.6 Å². The van der Waals surface area contributed by atoms with Crippen LogP contribution in [-0.4, -0.2) is 29.8 Å². The van der Waals surface area contributed by atoms with Crippen molar-refractivity contribution in [2.24, 2.45) is 0 Å². The zero-order chi connectivity index (χ0) is 13.1. The summed E-state index contributed by atoms with van der Waals surface area (Å²) in [4.78, 5) is 21.5. The van der Waals surface area contributed by atoms with Crippen molar-refractivity contribution in [3.8, 4) is 0 Å². The molecule has 2 rings (SSSR count). The molecule has 2 N–H and O–H groups in total. The summed E-state index contributed by atoms with van der Waals surface area (Å²) in [5.41, 5.74) is -0.0589. The van der Waals surface area contributed by atoms with Gasteiger partial charge in [-0.15, -0.1) is 0 Å². The summed E-state index contributed by atoms with van der Waals surface area (Å²) < 4.78 is 5.02. The fourth-order valence-electron chi connectivity index (χ4n) is 1.52. The molecule has 0 spiro atoms. The van der Waals surface area contributed by atoms with Gasteiger partial charge in [0.1, 0.15) is 22.5 Å². The lowest BCUT2D eigenvalue weighted by atomic mass is 10.2. The number of thioether (sulfide) groups is 1. The van der Waals surface area contributed by atoms with Crippen LogP contribution < -0.4 is 10.6 Å². The second kappa shape index (κ2) is 5.34. The Morgan fingerprint density at radius 2 is 2.39 bits per heavy atom. The molecular weight excluding hydrogens is 258 g/mol. The molecule has 1 saturated heterocycles. The van der Waals surface area contributed by atoms with Gasteiger partial charge in [0.2, 0.25) is 0 Å². The monoisotopic (exact) mass is 269 g/mol. The van der Waals surface area contributed by atoms with E-state index < -0.39 is 11.0 Å². The SMILES string of the molecule is CNC1NC(C=O)C(=Cc2ccc([N+](=O)[O-])o2)S1. The van der Waals surface area contributed by atoms with Crippen LogP contribution in [0.5, 0.6) is 0 Å². The molecule has 1 aromatic heterocycles. The second-order valence-corrected chi connectivity index (χ2v) is 4.73. The molecule has 1 fully saturated rings. The van der Waals surface area contributed by atoms with E-state index in [9.17, 15) is 14.9 Å². The van der Waals surface area contributed by atoms with E-state index >= 15 is 0 Å². The van der Waals surface area contributed by atoms with Gasteiger partial charge in [0, 0.05) is 4.91 Å². The highest BCUT2D eigenvalue weighted by molar-refractivity contribution is 8.04. The summed E-state index contributed by atoms with van der Waals surface area (Å²) in [7, 11) is 1.77. The summed E-state index contributed by atoms with van der Waals surface area (Å²) in [5, 5.41) is 16.5. The molecule has 2 unspecified atom stereocenters. The third kappa shape index (κ3) is 2.61. The molecule has 1 aromatic rings. The lowest BCUT2D eigenvalue weighted by Crippen LogP contribution is -2.37. The first-order valence-electron chi connectivity index (χ1n) is 5.15. The summed E-state index contributed by atoms with van der Waals surface area (Å²) in [6.07, 6.45) is 2.41. The Bertz CT molecular complexity index is 499. The van der Waals surface area contributed by atoms with E-state index in [1.165, 1.54) is 23.9 Å². The molecule has 1 aliphatic heterocycles. The minimum Gasteiger partial charge on any atom is -0.401 e. The fraction of sp³-hybridized carbons (Fsp3) is 0.300. The molecule has 18 heavy (non-hydrogen) atoms. The van der Waals surface area contributed by atoms with E-state index in [1.54, 1.807) is 13.1 Å². The Kier molecular flexibility index (Phi) is 3.80. The van der Waals surface area contributed by atoms with Gasteiger partial charge in [0.05, 0.1) is 12.1 Å². The number of hydrogen-bond donors (Lipinski definition) is 2. The van der Waals surface area contributed by atoms with E-state index in [-0.39, 0.29) is 11.4 Å². The van der Waals surface area contributed by atoms with Crippen molar-refractivity contribution in [3.05, 3.63) is 32.9 Å². The Hall–Kier alpha value is -1.64. The molecule has 0 aliphatic carbocycles. The molecule has 8 heteroatoms. The summed E-state index contributed by atoms with van der Waals surface area (Å²) in [6, 6.07) is 2.36. The molecule has 96 valence electrons. The summed E-state index contributed by atoms with van der Waals surface area (Å²) in [6.45, 7) is 0. The standard InChI is InChI=1S/C10H11N3O4S/c1-11-10-12-7(5-14)8(18-10)4-6-2-3-9(17-6)13(15)16/h2-5,7,10-12H,1H3. The molecule has 0 aromatic carbocycles. The van der Waals surface area contributed by atoms with Crippen LogP contribution >= 0.6 is 11.8 Å². The molecule has 0 saturated carbocycles. The maximum absolute atomic E-state index is 10.9. The van der Waals surface area contributed by atoms with Crippen LogP contribution in [0.4, 0.5) is 5.88 Å². The Morgan fingerprint density at radius 1 is 1.61 bits per heavy atom. The van der Waals surface area contributed by atoms with Crippen LogP contribution in [0.2, 0.25) is 0 Å². The fourth-order valence-corrected chi connectivity index (χ4v) is 2.58. The molecule has 7 nitrogen and oxygen atoms in total. The van der Waals surface area contributed by atoms with Crippen LogP contribution in [0.3, 0.4) is 0 Å². The molecule has 2 atom stereocenters. The number of nitrogens with one attached hydrogen (secondary N) is 2. The largest absolute Gasteiger partial charge is 0.433 e.